The van der Waals surface area contributed by atoms with Crippen LogP contribution in [0.15, 0.2) is 33.6 Å². The van der Waals surface area contributed by atoms with Gasteiger partial charge in [0.1, 0.15) is 0 Å². The summed E-state index contributed by atoms with van der Waals surface area (Å²) in [6.07, 6.45) is -0.970. The summed E-state index contributed by atoms with van der Waals surface area (Å²) in [4.78, 5) is 37.1. The van der Waals surface area contributed by atoms with Crippen LogP contribution >= 0.6 is 27.7 Å². The molecule has 1 aromatic carbocycles. The number of hydrogen-bond donors (Lipinski definition) is 1. The van der Waals surface area contributed by atoms with Gasteiger partial charge in [0.25, 0.3) is 5.91 Å². The van der Waals surface area contributed by atoms with Crippen molar-refractivity contribution in [2.24, 2.45) is 0 Å². The SMILES string of the molecule is C[C@H](OC(=O)CSc1ccc(Br)cc1)C(=O)N1CCNC1=O. The Hall–Kier alpha value is -1.54. The summed E-state index contributed by atoms with van der Waals surface area (Å²) < 4.78 is 6.04. The Morgan fingerprint density at radius 1 is 1.41 bits per heavy atom. The molecule has 1 heterocycles. The van der Waals surface area contributed by atoms with Crippen molar-refractivity contribution in [2.75, 3.05) is 18.8 Å². The topological polar surface area (TPSA) is 75.7 Å². The molecule has 6 nitrogen and oxygen atoms in total. The van der Waals surface area contributed by atoms with Gasteiger partial charge in [-0.15, -0.1) is 11.8 Å². The van der Waals surface area contributed by atoms with Crippen molar-refractivity contribution in [3.63, 3.8) is 0 Å². The van der Waals surface area contributed by atoms with Crippen LogP contribution in [0.2, 0.25) is 0 Å². The Bertz CT molecular complexity index is 579. The molecule has 0 spiro atoms. The fourth-order valence-corrected chi connectivity index (χ4v) is 2.80. The molecule has 1 fully saturated rings. The second-order valence-corrected chi connectivity index (χ2v) is 6.56. The Morgan fingerprint density at radius 2 is 2.09 bits per heavy atom. The monoisotopic (exact) mass is 386 g/mol. The number of benzene rings is 1. The van der Waals surface area contributed by atoms with Crippen LogP contribution in [0.5, 0.6) is 0 Å². The maximum atomic E-state index is 12.0. The molecule has 2 rings (SSSR count). The average molecular weight is 387 g/mol. The number of nitrogens with zero attached hydrogens (tertiary/aromatic N) is 1. The highest BCUT2D eigenvalue weighted by atomic mass is 79.9. The Morgan fingerprint density at radius 3 is 2.68 bits per heavy atom. The maximum Gasteiger partial charge on any atom is 0.324 e. The third kappa shape index (κ3) is 4.48. The van der Waals surface area contributed by atoms with Gasteiger partial charge in [-0.1, -0.05) is 15.9 Å². The first-order chi connectivity index (χ1) is 10.5. The summed E-state index contributed by atoms with van der Waals surface area (Å²) in [7, 11) is 0. The number of esters is 1. The molecule has 0 saturated carbocycles. The molecule has 1 aliphatic heterocycles. The number of halogens is 1. The lowest BCUT2D eigenvalue weighted by Gasteiger charge is -2.18. The van der Waals surface area contributed by atoms with Gasteiger partial charge in [0.2, 0.25) is 0 Å². The van der Waals surface area contributed by atoms with E-state index in [-0.39, 0.29) is 5.75 Å². The van der Waals surface area contributed by atoms with E-state index in [0.29, 0.717) is 13.1 Å². The second-order valence-electron chi connectivity index (χ2n) is 4.60. The summed E-state index contributed by atoms with van der Waals surface area (Å²) in [6, 6.07) is 7.07. The molecule has 0 unspecified atom stereocenters. The number of hydrogen-bond acceptors (Lipinski definition) is 5. The molecule has 0 radical (unpaired) electrons. The lowest BCUT2D eigenvalue weighted by molar-refractivity contribution is -0.155. The minimum atomic E-state index is -0.970. The molecule has 118 valence electrons. The summed E-state index contributed by atoms with van der Waals surface area (Å²) in [5.41, 5.74) is 0. The average Bonchev–Trinajstić information content (AvgIpc) is 2.92. The number of amides is 3. The molecule has 3 amide bonds. The molecule has 1 aromatic rings. The van der Waals surface area contributed by atoms with E-state index in [0.717, 1.165) is 14.3 Å². The van der Waals surface area contributed by atoms with Crippen LogP contribution in [0, 0.1) is 0 Å². The second kappa shape index (κ2) is 7.64. The standard InChI is InChI=1S/C14H15BrN2O4S/c1-9(13(19)17-7-6-16-14(17)20)21-12(18)8-22-11-4-2-10(15)3-5-11/h2-5,9H,6-8H2,1H3,(H,16,20)/t9-/m0/s1. The summed E-state index contributed by atoms with van der Waals surface area (Å²) in [6.45, 7) is 2.19. The first-order valence-corrected chi connectivity index (χ1v) is 8.42. The smallest absolute Gasteiger partial charge is 0.324 e. The van der Waals surface area contributed by atoms with Gasteiger partial charge in [-0.25, -0.2) is 4.79 Å². The van der Waals surface area contributed by atoms with Crippen LogP contribution in [0.4, 0.5) is 4.79 Å². The maximum absolute atomic E-state index is 12.0. The predicted octanol–water partition coefficient (Wildman–Crippen LogP) is 2.02. The number of ether oxygens (including phenoxy) is 1. The highest BCUT2D eigenvalue weighted by molar-refractivity contribution is 9.10. The fourth-order valence-electron chi connectivity index (χ4n) is 1.86. The van der Waals surface area contributed by atoms with Crippen LogP contribution in [0.1, 0.15) is 6.92 Å². The largest absolute Gasteiger partial charge is 0.452 e. The highest BCUT2D eigenvalue weighted by Crippen LogP contribution is 2.20. The minimum absolute atomic E-state index is 0.103. The predicted molar refractivity (Wildman–Crippen MR) is 85.5 cm³/mol. The van der Waals surface area contributed by atoms with Crippen LogP contribution < -0.4 is 5.32 Å². The summed E-state index contributed by atoms with van der Waals surface area (Å²) in [5, 5.41) is 2.53. The van der Waals surface area contributed by atoms with Crippen LogP contribution in [0.3, 0.4) is 0 Å². The van der Waals surface area contributed by atoms with Gasteiger partial charge in [0, 0.05) is 22.5 Å². The fraction of sp³-hybridized carbons (Fsp3) is 0.357. The van der Waals surface area contributed by atoms with Crippen molar-refractivity contribution in [3.05, 3.63) is 28.7 Å². The van der Waals surface area contributed by atoms with Crippen LogP contribution in [-0.2, 0) is 14.3 Å². The van der Waals surface area contributed by atoms with Crippen LogP contribution in [0.25, 0.3) is 0 Å². The Kier molecular flexibility index (Phi) is 5.84. The number of urea groups is 1. The number of rotatable bonds is 5. The Labute approximate surface area is 140 Å². The van der Waals surface area contributed by atoms with Gasteiger partial charge in [0.05, 0.1) is 5.75 Å². The summed E-state index contributed by atoms with van der Waals surface area (Å²) in [5.74, 6) is -0.892. The molecule has 1 saturated heterocycles. The normalized spacial score (nSPS) is 15.4. The van der Waals surface area contributed by atoms with Crippen LogP contribution in [-0.4, -0.2) is 47.8 Å². The third-order valence-corrected chi connectivity index (χ3v) is 4.46. The molecule has 22 heavy (non-hydrogen) atoms. The van der Waals surface area contributed by atoms with Crippen molar-refractivity contribution >= 4 is 45.6 Å². The first kappa shape index (κ1) is 16.8. The molecular weight excluding hydrogens is 372 g/mol. The van der Waals surface area contributed by atoms with Crippen molar-refractivity contribution in [3.8, 4) is 0 Å². The van der Waals surface area contributed by atoms with E-state index in [1.165, 1.54) is 18.7 Å². The van der Waals surface area contributed by atoms with E-state index in [1.54, 1.807) is 0 Å². The highest BCUT2D eigenvalue weighted by Gasteiger charge is 2.31. The van der Waals surface area contributed by atoms with Gasteiger partial charge in [0.15, 0.2) is 6.10 Å². The van der Waals surface area contributed by atoms with Crippen molar-refractivity contribution in [2.45, 2.75) is 17.9 Å². The lowest BCUT2D eigenvalue weighted by Crippen LogP contribution is -2.42. The van der Waals surface area contributed by atoms with E-state index in [2.05, 4.69) is 21.2 Å². The quantitative estimate of drug-likeness (QED) is 0.618. The summed E-state index contributed by atoms with van der Waals surface area (Å²) >= 11 is 4.66. The molecule has 0 bridgehead atoms. The van der Waals surface area contributed by atoms with Gasteiger partial charge in [-0.2, -0.15) is 0 Å². The van der Waals surface area contributed by atoms with Gasteiger partial charge in [-0.05, 0) is 31.2 Å². The van der Waals surface area contributed by atoms with Crippen molar-refractivity contribution in [1.29, 1.82) is 0 Å². The van der Waals surface area contributed by atoms with Gasteiger partial charge in [-0.3, -0.25) is 14.5 Å². The van der Waals surface area contributed by atoms with E-state index in [4.69, 9.17) is 4.74 Å². The first-order valence-electron chi connectivity index (χ1n) is 6.64. The van der Waals surface area contributed by atoms with Crippen molar-refractivity contribution < 1.29 is 19.1 Å². The number of carbonyl (C=O) groups excluding carboxylic acids is 3. The number of thioether (sulfide) groups is 1. The zero-order valence-electron chi connectivity index (χ0n) is 11.9. The Balaban J connectivity index is 1.79. The number of carbonyl (C=O) groups is 3. The molecule has 8 heteroatoms. The number of imide groups is 1. The molecule has 0 aromatic heterocycles. The van der Waals surface area contributed by atoms with Crippen molar-refractivity contribution in [1.82, 2.24) is 10.2 Å². The molecule has 1 N–H and O–H groups in total. The van der Waals surface area contributed by atoms with E-state index in [1.807, 2.05) is 24.3 Å². The van der Waals surface area contributed by atoms with Gasteiger partial charge >= 0.3 is 12.0 Å². The molecular formula is C14H15BrN2O4S. The zero-order chi connectivity index (χ0) is 16.1. The molecule has 1 aliphatic rings. The minimum Gasteiger partial charge on any atom is -0.452 e. The van der Waals surface area contributed by atoms with E-state index < -0.39 is 24.0 Å². The lowest BCUT2D eigenvalue weighted by atomic mass is 10.3. The van der Waals surface area contributed by atoms with E-state index >= 15 is 0 Å². The molecule has 0 aliphatic carbocycles. The zero-order valence-corrected chi connectivity index (χ0v) is 14.3. The van der Waals surface area contributed by atoms with E-state index in [9.17, 15) is 14.4 Å². The number of nitrogens with one attached hydrogen (secondary N) is 1. The molecule has 1 atom stereocenters. The third-order valence-electron chi connectivity index (χ3n) is 2.95. The van der Waals surface area contributed by atoms with Gasteiger partial charge < -0.3 is 10.1 Å².